The number of aryl methyl sites for hydroxylation is 1. The minimum absolute atomic E-state index is 0.413. The highest BCUT2D eigenvalue weighted by molar-refractivity contribution is 5.38. The second kappa shape index (κ2) is 4.63. The lowest BCUT2D eigenvalue weighted by atomic mass is 9.43. The first-order chi connectivity index (χ1) is 9.05. The van der Waals surface area contributed by atoms with Gasteiger partial charge in [-0.2, -0.15) is 0 Å². The molecule has 1 N–H and O–H groups in total. The Hall–Kier alpha value is -0.820. The average molecular weight is 257 g/mol. The summed E-state index contributed by atoms with van der Waals surface area (Å²) < 4.78 is 0. The van der Waals surface area contributed by atoms with Crippen molar-refractivity contribution in [3.63, 3.8) is 0 Å². The Kier molecular flexibility index (Phi) is 3.21. The zero-order valence-corrected chi connectivity index (χ0v) is 12.6. The summed E-state index contributed by atoms with van der Waals surface area (Å²) in [4.78, 5) is 0. The lowest BCUT2D eigenvalue weighted by Gasteiger charge is -2.62. The lowest BCUT2D eigenvalue weighted by molar-refractivity contribution is -0.0491. The van der Waals surface area contributed by atoms with Gasteiger partial charge in [0.15, 0.2) is 0 Å². The molecule has 1 heteroatoms. The molecule has 3 rings (SSSR count). The molecular formula is C18H27N. The van der Waals surface area contributed by atoms with Crippen molar-refractivity contribution in [3.8, 4) is 0 Å². The summed E-state index contributed by atoms with van der Waals surface area (Å²) in [5.41, 5.74) is 4.21. The van der Waals surface area contributed by atoms with Crippen LogP contribution in [0.3, 0.4) is 0 Å². The van der Waals surface area contributed by atoms with Crippen molar-refractivity contribution in [3.05, 3.63) is 35.4 Å². The fourth-order valence-electron chi connectivity index (χ4n) is 4.39. The SMILES string of the molecule is Cc1ccccc1C1(CNC(C)C)CC2(CCC2)C1. The Morgan fingerprint density at radius 3 is 2.37 bits per heavy atom. The third kappa shape index (κ3) is 2.23. The van der Waals surface area contributed by atoms with Crippen LogP contribution in [0, 0.1) is 12.3 Å². The first-order valence-corrected chi connectivity index (χ1v) is 7.85. The maximum absolute atomic E-state index is 3.70. The van der Waals surface area contributed by atoms with Gasteiger partial charge < -0.3 is 5.32 Å². The quantitative estimate of drug-likeness (QED) is 0.852. The van der Waals surface area contributed by atoms with Crippen molar-refractivity contribution in [2.75, 3.05) is 6.54 Å². The van der Waals surface area contributed by atoms with Crippen LogP contribution >= 0.6 is 0 Å². The zero-order valence-electron chi connectivity index (χ0n) is 12.6. The molecule has 0 atom stereocenters. The highest BCUT2D eigenvalue weighted by Crippen LogP contribution is 2.65. The maximum atomic E-state index is 3.70. The molecule has 0 radical (unpaired) electrons. The topological polar surface area (TPSA) is 12.0 Å². The van der Waals surface area contributed by atoms with Crippen LogP contribution in [0.25, 0.3) is 0 Å². The first kappa shape index (κ1) is 13.2. The van der Waals surface area contributed by atoms with Crippen molar-refractivity contribution in [2.45, 2.75) is 64.3 Å². The summed E-state index contributed by atoms with van der Waals surface area (Å²) in [5.74, 6) is 0. The predicted octanol–water partition coefficient (Wildman–Crippen LogP) is 4.19. The van der Waals surface area contributed by atoms with Gasteiger partial charge >= 0.3 is 0 Å². The molecule has 2 aliphatic carbocycles. The second-order valence-corrected chi connectivity index (χ2v) is 7.34. The van der Waals surface area contributed by atoms with Gasteiger partial charge in [0.1, 0.15) is 0 Å². The molecule has 1 nitrogen and oxygen atoms in total. The highest BCUT2D eigenvalue weighted by Gasteiger charge is 2.57. The largest absolute Gasteiger partial charge is 0.314 e. The molecule has 104 valence electrons. The minimum Gasteiger partial charge on any atom is -0.314 e. The highest BCUT2D eigenvalue weighted by atomic mass is 14.9. The summed E-state index contributed by atoms with van der Waals surface area (Å²) in [6, 6.07) is 9.60. The van der Waals surface area contributed by atoms with Crippen LogP contribution in [0.2, 0.25) is 0 Å². The van der Waals surface area contributed by atoms with E-state index < -0.39 is 0 Å². The monoisotopic (exact) mass is 257 g/mol. The van der Waals surface area contributed by atoms with Gasteiger partial charge in [-0.05, 0) is 49.1 Å². The number of benzene rings is 1. The van der Waals surface area contributed by atoms with E-state index in [0.717, 1.165) is 12.0 Å². The molecule has 0 heterocycles. The van der Waals surface area contributed by atoms with Crippen molar-refractivity contribution >= 4 is 0 Å². The summed E-state index contributed by atoms with van der Waals surface area (Å²) in [6.07, 6.45) is 7.22. The maximum Gasteiger partial charge on any atom is 0.00910 e. The second-order valence-electron chi connectivity index (χ2n) is 7.34. The van der Waals surface area contributed by atoms with Crippen molar-refractivity contribution < 1.29 is 0 Å². The van der Waals surface area contributed by atoms with Gasteiger partial charge in [-0.15, -0.1) is 0 Å². The van der Waals surface area contributed by atoms with Gasteiger partial charge in [0.25, 0.3) is 0 Å². The normalized spacial score (nSPS) is 23.2. The van der Waals surface area contributed by atoms with E-state index in [0.29, 0.717) is 11.5 Å². The molecule has 0 bridgehead atoms. The summed E-state index contributed by atoms with van der Waals surface area (Å²) >= 11 is 0. The fraction of sp³-hybridized carbons (Fsp3) is 0.667. The molecule has 1 aromatic carbocycles. The molecule has 19 heavy (non-hydrogen) atoms. The smallest absolute Gasteiger partial charge is 0.00910 e. The molecule has 0 aromatic heterocycles. The van der Waals surface area contributed by atoms with E-state index in [1.54, 1.807) is 5.56 Å². The van der Waals surface area contributed by atoms with E-state index in [4.69, 9.17) is 0 Å². The van der Waals surface area contributed by atoms with Gasteiger partial charge in [0, 0.05) is 18.0 Å². The van der Waals surface area contributed by atoms with E-state index in [1.165, 1.54) is 37.7 Å². The lowest BCUT2D eigenvalue weighted by Crippen LogP contribution is -2.58. The standard InChI is InChI=1S/C18H27N/c1-14(2)19-13-18(11-17(12-18)9-6-10-17)16-8-5-4-7-15(16)3/h4-5,7-8,14,19H,6,9-13H2,1-3H3. The number of nitrogens with one attached hydrogen (secondary N) is 1. The van der Waals surface area contributed by atoms with Gasteiger partial charge in [-0.3, -0.25) is 0 Å². The van der Waals surface area contributed by atoms with Crippen LogP contribution in [0.5, 0.6) is 0 Å². The van der Waals surface area contributed by atoms with E-state index in [2.05, 4.69) is 50.4 Å². The van der Waals surface area contributed by atoms with Crippen molar-refractivity contribution in [1.82, 2.24) is 5.32 Å². The fourth-order valence-corrected chi connectivity index (χ4v) is 4.39. The number of hydrogen-bond acceptors (Lipinski definition) is 1. The number of rotatable bonds is 4. The third-order valence-corrected chi connectivity index (χ3v) is 5.41. The molecule has 1 aromatic rings. The van der Waals surface area contributed by atoms with E-state index >= 15 is 0 Å². The van der Waals surface area contributed by atoms with Crippen molar-refractivity contribution in [1.29, 1.82) is 0 Å². The van der Waals surface area contributed by atoms with E-state index in [9.17, 15) is 0 Å². The molecule has 0 aliphatic heterocycles. The van der Waals surface area contributed by atoms with Gasteiger partial charge in [-0.25, -0.2) is 0 Å². The molecule has 2 saturated carbocycles. The van der Waals surface area contributed by atoms with Crippen LogP contribution < -0.4 is 5.32 Å². The third-order valence-electron chi connectivity index (χ3n) is 5.41. The van der Waals surface area contributed by atoms with Crippen LogP contribution in [0.4, 0.5) is 0 Å². The summed E-state index contributed by atoms with van der Waals surface area (Å²) in [6.45, 7) is 7.93. The van der Waals surface area contributed by atoms with Crippen LogP contribution in [-0.4, -0.2) is 12.6 Å². The number of hydrogen-bond donors (Lipinski definition) is 1. The zero-order chi connectivity index (χ0) is 13.5. The summed E-state index contributed by atoms with van der Waals surface area (Å²) in [5, 5.41) is 3.70. The molecule has 1 spiro atoms. The predicted molar refractivity (Wildman–Crippen MR) is 81.5 cm³/mol. The first-order valence-electron chi connectivity index (χ1n) is 7.85. The minimum atomic E-state index is 0.413. The van der Waals surface area contributed by atoms with Crippen LogP contribution in [-0.2, 0) is 5.41 Å². The summed E-state index contributed by atoms with van der Waals surface area (Å²) in [7, 11) is 0. The Morgan fingerprint density at radius 2 is 1.84 bits per heavy atom. The Labute approximate surface area is 117 Å². The van der Waals surface area contributed by atoms with E-state index in [-0.39, 0.29) is 0 Å². The van der Waals surface area contributed by atoms with Crippen LogP contribution in [0.15, 0.2) is 24.3 Å². The Balaban J connectivity index is 1.83. The molecule has 0 unspecified atom stereocenters. The van der Waals surface area contributed by atoms with Gasteiger partial charge in [-0.1, -0.05) is 44.5 Å². The Morgan fingerprint density at radius 1 is 1.16 bits per heavy atom. The molecule has 2 aliphatic rings. The van der Waals surface area contributed by atoms with Gasteiger partial charge in [0.2, 0.25) is 0 Å². The average Bonchev–Trinajstić information content (AvgIpc) is 2.27. The van der Waals surface area contributed by atoms with Gasteiger partial charge in [0.05, 0.1) is 0 Å². The molecule has 0 amide bonds. The van der Waals surface area contributed by atoms with E-state index in [1.807, 2.05) is 0 Å². The van der Waals surface area contributed by atoms with Crippen molar-refractivity contribution in [2.24, 2.45) is 5.41 Å². The Bertz CT molecular complexity index is 449. The molecule has 0 saturated heterocycles. The van der Waals surface area contributed by atoms with Crippen LogP contribution in [0.1, 0.15) is 57.1 Å². The molecular weight excluding hydrogens is 230 g/mol. The molecule has 2 fully saturated rings.